The molecule has 8 atom stereocenters. The van der Waals surface area contributed by atoms with E-state index < -0.39 is 0 Å². The molecule has 0 radical (unpaired) electrons. The third-order valence-electron chi connectivity index (χ3n) is 16.5. The average Bonchev–Trinajstić information content (AvgIpc) is 3.89. The molecule has 12 rings (SSSR count). The Labute approximate surface area is 353 Å². The van der Waals surface area contributed by atoms with Crippen molar-refractivity contribution in [2.45, 2.75) is 103 Å². The van der Waals surface area contributed by atoms with Crippen LogP contribution in [0.1, 0.15) is 90.0 Å². The number of benzene rings is 1. The van der Waals surface area contributed by atoms with E-state index in [1.54, 1.807) is 50.5 Å². The Morgan fingerprint density at radius 2 is 1.69 bits per heavy atom. The number of hydrogen-bond donors (Lipinski definition) is 1. The maximum Gasteiger partial charge on any atom is 0.0584 e. The third-order valence-corrected chi connectivity index (χ3v) is 16.5. The number of nitrogens with one attached hydrogen (secondary N) is 1. The number of fused-ring (bicyclic) bond motifs is 7. The lowest BCUT2D eigenvalue weighted by Gasteiger charge is -2.39. The van der Waals surface area contributed by atoms with Gasteiger partial charge in [0.1, 0.15) is 0 Å². The van der Waals surface area contributed by atoms with Crippen LogP contribution >= 0.6 is 0 Å². The van der Waals surface area contributed by atoms with Crippen LogP contribution in [-0.4, -0.2) is 41.0 Å². The molecule has 8 aliphatic carbocycles. The number of hydrogen-bond acceptors (Lipinski definition) is 3. The Kier molecular flexibility index (Phi) is 8.77. The molecule has 1 aromatic carbocycles. The molecule has 1 saturated heterocycles. The summed E-state index contributed by atoms with van der Waals surface area (Å²) in [5.41, 5.74) is 18.6. The Hall–Kier alpha value is -4.60. The highest BCUT2D eigenvalue weighted by molar-refractivity contribution is 5.76. The highest BCUT2D eigenvalue weighted by atomic mass is 15.2. The molecule has 3 heteroatoms. The van der Waals surface area contributed by atoms with Crippen LogP contribution in [0.4, 0.5) is 0 Å². The molecule has 0 spiro atoms. The molecular formula is C56H61N3. The summed E-state index contributed by atoms with van der Waals surface area (Å²) in [6.07, 6.45) is 51.6. The van der Waals surface area contributed by atoms with Crippen LogP contribution in [0, 0.1) is 35.0 Å². The molecule has 1 N–H and O–H groups in total. The fraction of sp³-hybridized carbons (Fsp3) is 0.429. The van der Waals surface area contributed by atoms with Crippen molar-refractivity contribution in [1.82, 2.24) is 15.1 Å². The number of rotatable bonds is 5. The molecule has 2 fully saturated rings. The molecule has 3 heterocycles. The van der Waals surface area contributed by atoms with Crippen molar-refractivity contribution in [1.29, 1.82) is 0 Å². The van der Waals surface area contributed by atoms with Crippen LogP contribution in [-0.2, 0) is 0 Å². The molecule has 59 heavy (non-hydrogen) atoms. The molecule has 8 unspecified atom stereocenters. The molecule has 0 amide bonds. The van der Waals surface area contributed by atoms with E-state index in [-0.39, 0.29) is 5.41 Å². The minimum absolute atomic E-state index is 0.120. The summed E-state index contributed by atoms with van der Waals surface area (Å²) in [6.45, 7) is 6.96. The van der Waals surface area contributed by atoms with Gasteiger partial charge in [0.05, 0.1) is 12.1 Å². The minimum Gasteiger partial charge on any atom is -0.360 e. The molecular weight excluding hydrogens is 715 g/mol. The molecule has 0 bridgehead atoms. The Balaban J connectivity index is 0.861. The van der Waals surface area contributed by atoms with Crippen molar-refractivity contribution >= 4 is 5.57 Å². The predicted molar refractivity (Wildman–Crippen MR) is 243 cm³/mol. The second-order valence-corrected chi connectivity index (χ2v) is 19.9. The van der Waals surface area contributed by atoms with E-state index in [1.165, 1.54) is 61.7 Å². The van der Waals surface area contributed by atoms with Gasteiger partial charge in [-0.05, 0) is 138 Å². The van der Waals surface area contributed by atoms with Gasteiger partial charge in [0.25, 0.3) is 0 Å². The van der Waals surface area contributed by atoms with Gasteiger partial charge in [-0.3, -0.25) is 0 Å². The van der Waals surface area contributed by atoms with Crippen molar-refractivity contribution in [2.24, 2.45) is 35.0 Å². The summed E-state index contributed by atoms with van der Waals surface area (Å²) >= 11 is 0. The lowest BCUT2D eigenvalue weighted by molar-refractivity contribution is 0.208. The van der Waals surface area contributed by atoms with E-state index >= 15 is 0 Å². The van der Waals surface area contributed by atoms with Gasteiger partial charge in [0.15, 0.2) is 0 Å². The van der Waals surface area contributed by atoms with E-state index in [0.717, 1.165) is 44.7 Å². The zero-order chi connectivity index (χ0) is 39.2. The first kappa shape index (κ1) is 36.3. The summed E-state index contributed by atoms with van der Waals surface area (Å²) in [7, 11) is 0. The minimum atomic E-state index is 0.120. The number of likely N-dealkylation sites (tertiary alicyclic amines) is 1. The van der Waals surface area contributed by atoms with Crippen LogP contribution in [0.25, 0.3) is 5.57 Å². The van der Waals surface area contributed by atoms with Crippen LogP contribution in [0.3, 0.4) is 0 Å². The van der Waals surface area contributed by atoms with E-state index in [4.69, 9.17) is 0 Å². The molecule has 3 aliphatic heterocycles. The Morgan fingerprint density at radius 1 is 0.814 bits per heavy atom. The van der Waals surface area contributed by atoms with E-state index in [0.29, 0.717) is 41.8 Å². The average molecular weight is 776 g/mol. The SMILES string of the molecule is CC1(C)C2=CCC(N3C4=C(C=CCC4)C4C=C(C5=CC=C6C(C5)C5CCCCC5N6C5=CC(c6ccccc6)=CC(C6C=CCNC6)C5)C=CC43)C=C2C2=C1C=CCC2. The predicted octanol–water partition coefficient (Wildman–Crippen LogP) is 12.2. The standard InChI is InChI=1S/C56H61N3/c1-56(2)50-19-9-6-16-44(50)47-34-42(24-25-51(47)56)58-52-20-10-7-17-45(52)48-32-37(22-26-54(48)58)38-23-27-55-49(33-38)46-18-8-11-21-53(46)59(55)43-30-40(36-13-4-3-5-14-36)29-41(31-43)39-15-12-28-57-35-39/h3-5,7,9,12-15,17,19,22-23,25-27,29-30,32,34,39,41-42,46,48-49,53-54,57H,6,8,10-11,16,18,20-21,24,28,31,33,35H2,1-2H3. The topological polar surface area (TPSA) is 18.5 Å². The van der Waals surface area contributed by atoms with Gasteiger partial charge in [-0.2, -0.15) is 0 Å². The van der Waals surface area contributed by atoms with E-state index in [2.05, 4.69) is 150 Å². The van der Waals surface area contributed by atoms with Crippen LogP contribution in [0.2, 0.25) is 0 Å². The highest BCUT2D eigenvalue weighted by Gasteiger charge is 2.50. The molecule has 0 aromatic heterocycles. The van der Waals surface area contributed by atoms with Crippen LogP contribution in [0.5, 0.6) is 0 Å². The largest absolute Gasteiger partial charge is 0.360 e. The summed E-state index contributed by atoms with van der Waals surface area (Å²) in [5.74, 6) is 2.78. The molecule has 1 saturated carbocycles. The summed E-state index contributed by atoms with van der Waals surface area (Å²) in [5, 5.41) is 3.67. The summed E-state index contributed by atoms with van der Waals surface area (Å²) in [6, 6.07) is 12.6. The zero-order valence-corrected chi connectivity index (χ0v) is 35.3. The maximum atomic E-state index is 3.67. The quantitative estimate of drug-likeness (QED) is 0.301. The van der Waals surface area contributed by atoms with Crippen LogP contribution in [0.15, 0.2) is 178 Å². The lowest BCUT2D eigenvalue weighted by atomic mass is 9.74. The van der Waals surface area contributed by atoms with Gasteiger partial charge in [-0.1, -0.05) is 136 Å². The molecule has 3 nitrogen and oxygen atoms in total. The monoisotopic (exact) mass is 775 g/mol. The van der Waals surface area contributed by atoms with Gasteiger partial charge >= 0.3 is 0 Å². The van der Waals surface area contributed by atoms with Gasteiger partial charge in [0, 0.05) is 53.5 Å². The third kappa shape index (κ3) is 5.84. The van der Waals surface area contributed by atoms with Crippen molar-refractivity contribution in [3.63, 3.8) is 0 Å². The molecule has 11 aliphatic rings. The summed E-state index contributed by atoms with van der Waals surface area (Å²) in [4.78, 5) is 5.77. The number of nitrogens with zero attached hydrogens (tertiary/aromatic N) is 2. The van der Waals surface area contributed by atoms with Crippen molar-refractivity contribution < 1.29 is 0 Å². The molecule has 1 aromatic rings. The first-order valence-electron chi connectivity index (χ1n) is 23.5. The number of allylic oxidation sites excluding steroid dienone is 19. The van der Waals surface area contributed by atoms with Gasteiger partial charge in [0.2, 0.25) is 0 Å². The first-order valence-corrected chi connectivity index (χ1v) is 23.5. The van der Waals surface area contributed by atoms with Gasteiger partial charge < -0.3 is 15.1 Å². The lowest BCUT2D eigenvalue weighted by Crippen LogP contribution is -2.41. The van der Waals surface area contributed by atoms with Crippen molar-refractivity contribution in [3.8, 4) is 0 Å². The fourth-order valence-corrected chi connectivity index (χ4v) is 13.8. The van der Waals surface area contributed by atoms with Crippen molar-refractivity contribution in [2.75, 3.05) is 13.1 Å². The zero-order valence-electron chi connectivity index (χ0n) is 35.3. The first-order chi connectivity index (χ1) is 29.0. The molecule has 300 valence electrons. The Morgan fingerprint density at radius 3 is 2.59 bits per heavy atom. The van der Waals surface area contributed by atoms with Crippen LogP contribution < -0.4 is 5.32 Å². The maximum absolute atomic E-state index is 3.67. The second kappa shape index (κ2) is 14.3. The van der Waals surface area contributed by atoms with Gasteiger partial charge in [-0.15, -0.1) is 0 Å². The summed E-state index contributed by atoms with van der Waals surface area (Å²) < 4.78 is 0. The highest BCUT2D eigenvalue weighted by Crippen LogP contribution is 2.57. The van der Waals surface area contributed by atoms with Gasteiger partial charge in [-0.25, -0.2) is 0 Å². The van der Waals surface area contributed by atoms with E-state index in [9.17, 15) is 0 Å². The van der Waals surface area contributed by atoms with Crippen molar-refractivity contribution in [3.05, 3.63) is 183 Å². The van der Waals surface area contributed by atoms with E-state index in [1.807, 2.05) is 0 Å². The smallest absolute Gasteiger partial charge is 0.0584 e. The fourth-order valence-electron chi connectivity index (χ4n) is 13.8. The Bertz CT molecular complexity index is 2370. The second-order valence-electron chi connectivity index (χ2n) is 19.9. The normalized spacial score (nSPS) is 35.1.